The molecule has 180 valence electrons. The first-order chi connectivity index (χ1) is 18.2. The maximum atomic E-state index is 14.1. The SMILES string of the molecule is O=C(/C(C[P+](c1ccccc1)(c1ccccc1)c1ccccc1)=C(\O)c1cccnc1)c1ccccc1. The Bertz CT molecular complexity index is 1390. The third kappa shape index (κ3) is 5.00. The molecule has 0 unspecified atom stereocenters. The molecule has 1 heterocycles. The van der Waals surface area contributed by atoms with Crippen molar-refractivity contribution in [1.29, 1.82) is 0 Å². The van der Waals surface area contributed by atoms with Crippen molar-refractivity contribution in [3.05, 3.63) is 163 Å². The zero-order valence-electron chi connectivity index (χ0n) is 20.3. The van der Waals surface area contributed by atoms with Crippen molar-refractivity contribution in [1.82, 2.24) is 4.98 Å². The van der Waals surface area contributed by atoms with Crippen LogP contribution in [-0.4, -0.2) is 22.0 Å². The summed E-state index contributed by atoms with van der Waals surface area (Å²) in [5, 5.41) is 15.1. The molecular formula is C33H27NO2P+. The van der Waals surface area contributed by atoms with Gasteiger partial charge in [0.2, 0.25) is 0 Å². The summed E-state index contributed by atoms with van der Waals surface area (Å²) in [4.78, 5) is 18.3. The average Bonchev–Trinajstić information content (AvgIpc) is 2.99. The molecule has 37 heavy (non-hydrogen) atoms. The van der Waals surface area contributed by atoms with Gasteiger partial charge in [-0.2, -0.15) is 0 Å². The van der Waals surface area contributed by atoms with E-state index in [9.17, 15) is 9.90 Å². The lowest BCUT2D eigenvalue weighted by atomic mass is 10.0. The highest BCUT2D eigenvalue weighted by atomic mass is 31.2. The Morgan fingerprint density at radius 3 is 1.46 bits per heavy atom. The number of aliphatic hydroxyl groups is 1. The topological polar surface area (TPSA) is 50.2 Å². The number of hydrogen-bond acceptors (Lipinski definition) is 3. The molecule has 1 aromatic heterocycles. The van der Waals surface area contributed by atoms with E-state index in [-0.39, 0.29) is 11.5 Å². The van der Waals surface area contributed by atoms with Gasteiger partial charge in [-0.25, -0.2) is 0 Å². The maximum Gasteiger partial charge on any atom is 0.196 e. The van der Waals surface area contributed by atoms with E-state index in [1.807, 2.05) is 72.8 Å². The number of Topliss-reactive ketones (excluding diaryl/α,β-unsaturated/α-hetero) is 1. The number of allylic oxidation sites excluding steroid dienone is 1. The molecule has 0 amide bonds. The molecule has 5 aromatic rings. The Kier molecular flexibility index (Phi) is 7.35. The number of aromatic nitrogens is 1. The zero-order valence-corrected chi connectivity index (χ0v) is 21.2. The number of carbonyl (C=O) groups excluding carboxylic acids is 1. The molecule has 3 nitrogen and oxygen atoms in total. The van der Waals surface area contributed by atoms with Crippen molar-refractivity contribution in [2.24, 2.45) is 0 Å². The number of aliphatic hydroxyl groups excluding tert-OH is 1. The molecule has 0 saturated heterocycles. The predicted molar refractivity (Wildman–Crippen MR) is 155 cm³/mol. The minimum Gasteiger partial charge on any atom is -0.507 e. The minimum atomic E-state index is -2.42. The van der Waals surface area contributed by atoms with Gasteiger partial charge in [0.15, 0.2) is 5.78 Å². The van der Waals surface area contributed by atoms with Gasteiger partial charge in [0, 0.05) is 23.5 Å². The Balaban J connectivity index is 1.81. The molecule has 0 aliphatic heterocycles. The molecule has 0 fully saturated rings. The maximum absolute atomic E-state index is 14.1. The highest BCUT2D eigenvalue weighted by Gasteiger charge is 2.47. The van der Waals surface area contributed by atoms with Gasteiger partial charge in [-0.15, -0.1) is 0 Å². The summed E-state index contributed by atoms with van der Waals surface area (Å²) in [6, 6.07) is 43.8. The number of benzene rings is 4. The van der Waals surface area contributed by atoms with Crippen LogP contribution in [0.25, 0.3) is 5.76 Å². The molecule has 0 radical (unpaired) electrons. The fraction of sp³-hybridized carbons (Fsp3) is 0.0303. The predicted octanol–water partition coefficient (Wildman–Crippen LogP) is 6.23. The third-order valence-electron chi connectivity index (χ3n) is 6.52. The first-order valence-electron chi connectivity index (χ1n) is 12.2. The van der Waals surface area contributed by atoms with Gasteiger partial charge in [-0.05, 0) is 48.5 Å². The van der Waals surface area contributed by atoms with Crippen molar-refractivity contribution in [2.75, 3.05) is 6.16 Å². The largest absolute Gasteiger partial charge is 0.507 e. The van der Waals surface area contributed by atoms with Crippen molar-refractivity contribution in [2.45, 2.75) is 0 Å². The molecule has 4 aromatic carbocycles. The first-order valence-corrected chi connectivity index (χ1v) is 14.1. The molecular weight excluding hydrogens is 473 g/mol. The Morgan fingerprint density at radius 2 is 1.03 bits per heavy atom. The van der Waals surface area contributed by atoms with Crippen molar-refractivity contribution >= 4 is 34.7 Å². The molecule has 0 saturated carbocycles. The van der Waals surface area contributed by atoms with Gasteiger partial charge in [-0.1, -0.05) is 84.9 Å². The summed E-state index contributed by atoms with van der Waals surface area (Å²) in [7, 11) is -2.42. The second kappa shape index (κ2) is 11.2. The lowest BCUT2D eigenvalue weighted by molar-refractivity contribution is 0.103. The lowest BCUT2D eigenvalue weighted by Crippen LogP contribution is -2.35. The fourth-order valence-electron chi connectivity index (χ4n) is 4.70. The normalized spacial score (nSPS) is 12.0. The van der Waals surface area contributed by atoms with E-state index in [1.165, 1.54) is 0 Å². The van der Waals surface area contributed by atoms with E-state index >= 15 is 0 Å². The van der Waals surface area contributed by atoms with Crippen LogP contribution in [0, 0.1) is 0 Å². The molecule has 1 N–H and O–H groups in total. The number of nitrogens with zero attached hydrogens (tertiary/aromatic N) is 1. The van der Waals surface area contributed by atoms with Crippen LogP contribution in [0.5, 0.6) is 0 Å². The summed E-state index contributed by atoms with van der Waals surface area (Å²) in [5.41, 5.74) is 1.44. The molecule has 0 bridgehead atoms. The average molecular weight is 501 g/mol. The molecule has 0 spiro atoms. The van der Waals surface area contributed by atoms with E-state index in [1.54, 1.807) is 36.7 Å². The molecule has 0 aliphatic carbocycles. The van der Waals surface area contributed by atoms with Crippen molar-refractivity contribution in [3.8, 4) is 0 Å². The molecule has 5 rings (SSSR count). The zero-order chi connectivity index (χ0) is 25.5. The van der Waals surface area contributed by atoms with Crippen LogP contribution in [0.15, 0.2) is 151 Å². The van der Waals surface area contributed by atoms with Crippen LogP contribution in [0.4, 0.5) is 0 Å². The van der Waals surface area contributed by atoms with E-state index in [2.05, 4.69) is 41.4 Å². The lowest BCUT2D eigenvalue weighted by Gasteiger charge is -2.28. The summed E-state index contributed by atoms with van der Waals surface area (Å²) in [5.74, 6) is -0.219. The minimum absolute atomic E-state index is 0.0332. The van der Waals surface area contributed by atoms with Crippen molar-refractivity contribution in [3.63, 3.8) is 0 Å². The van der Waals surface area contributed by atoms with Crippen LogP contribution in [0.1, 0.15) is 15.9 Å². The van der Waals surface area contributed by atoms with Gasteiger partial charge in [-0.3, -0.25) is 9.78 Å². The summed E-state index contributed by atoms with van der Waals surface area (Å²) in [6.07, 6.45) is 3.62. The van der Waals surface area contributed by atoms with Gasteiger partial charge in [0.05, 0.1) is 5.57 Å². The van der Waals surface area contributed by atoms with Crippen LogP contribution in [0.2, 0.25) is 0 Å². The van der Waals surface area contributed by atoms with Crippen LogP contribution >= 0.6 is 7.26 Å². The Labute approximate surface area is 218 Å². The molecule has 4 heteroatoms. The van der Waals surface area contributed by atoms with Crippen LogP contribution in [-0.2, 0) is 0 Å². The number of ketones is 1. The standard InChI is InChI=1S/C33H26NO2P/c35-32(26-14-5-1-6-15-26)31(33(36)27-16-13-23-34-24-27)25-37(28-17-7-2-8-18-28,29-19-9-3-10-20-29)30-21-11-4-12-22-30/h1-24H,25H2/p+1. The Hall–Kier alpha value is -4.33. The first kappa shape index (κ1) is 24.4. The number of rotatable bonds is 8. The second-order valence-electron chi connectivity index (χ2n) is 8.74. The second-order valence-corrected chi connectivity index (χ2v) is 12.2. The van der Waals surface area contributed by atoms with Crippen LogP contribution in [0.3, 0.4) is 0 Å². The number of carbonyl (C=O) groups is 1. The van der Waals surface area contributed by atoms with Gasteiger partial charge < -0.3 is 5.11 Å². The molecule has 0 atom stereocenters. The monoisotopic (exact) mass is 500 g/mol. The van der Waals surface area contributed by atoms with E-state index in [4.69, 9.17) is 0 Å². The quantitative estimate of drug-likeness (QED) is 0.119. The highest BCUT2D eigenvalue weighted by Crippen LogP contribution is 2.57. The van der Waals surface area contributed by atoms with E-state index in [0.29, 0.717) is 22.9 Å². The molecule has 0 aliphatic rings. The van der Waals surface area contributed by atoms with Crippen LogP contribution < -0.4 is 15.9 Å². The van der Waals surface area contributed by atoms with Crippen molar-refractivity contribution < 1.29 is 9.90 Å². The summed E-state index contributed by atoms with van der Waals surface area (Å²) >= 11 is 0. The number of hydrogen-bond donors (Lipinski definition) is 1. The number of pyridine rings is 1. The summed E-state index contributed by atoms with van der Waals surface area (Å²) in [6.45, 7) is 0. The fourth-order valence-corrected chi connectivity index (χ4v) is 8.95. The Morgan fingerprint density at radius 1 is 0.595 bits per heavy atom. The van der Waals surface area contributed by atoms with Gasteiger partial charge in [0.1, 0.15) is 35.1 Å². The van der Waals surface area contributed by atoms with E-state index in [0.717, 1.165) is 15.9 Å². The smallest absolute Gasteiger partial charge is 0.196 e. The highest BCUT2D eigenvalue weighted by molar-refractivity contribution is 7.95. The van der Waals surface area contributed by atoms with Gasteiger partial charge >= 0.3 is 0 Å². The summed E-state index contributed by atoms with van der Waals surface area (Å²) < 4.78 is 0. The van der Waals surface area contributed by atoms with Gasteiger partial charge in [0.25, 0.3) is 0 Å². The third-order valence-corrected chi connectivity index (χ3v) is 10.8. The van der Waals surface area contributed by atoms with E-state index < -0.39 is 7.26 Å².